The number of fused-ring (bicyclic) bond motifs is 2. The van der Waals surface area contributed by atoms with Gasteiger partial charge in [-0.15, -0.1) is 10.2 Å². The summed E-state index contributed by atoms with van der Waals surface area (Å²) in [5.74, 6) is -4.45. The Morgan fingerprint density at radius 2 is 0.938 bits per heavy atom. The molecule has 0 amide bonds. The second-order valence-electron chi connectivity index (χ2n) is 13.4. The summed E-state index contributed by atoms with van der Waals surface area (Å²) in [6.45, 7) is 0. The van der Waals surface area contributed by atoms with Gasteiger partial charge in [-0.1, -0.05) is 65.5 Å². The molecule has 330 valence electrons. The Balaban J connectivity index is 1.21. The van der Waals surface area contributed by atoms with Crippen LogP contribution in [-0.2, 0) is 40.5 Å². The van der Waals surface area contributed by atoms with Crippen molar-refractivity contribution < 1.29 is 72.3 Å². The molecular weight excluding hydrogens is 925 g/mol. The van der Waals surface area contributed by atoms with Crippen LogP contribution in [0.25, 0.3) is 32.7 Å². The molecule has 7 rings (SSSR count). The Morgan fingerprint density at radius 1 is 0.469 bits per heavy atom. The number of rotatable bonds is 11. The van der Waals surface area contributed by atoms with E-state index in [2.05, 4.69) is 25.8 Å². The van der Waals surface area contributed by atoms with Crippen molar-refractivity contribution in [1.82, 2.24) is 0 Å². The summed E-state index contributed by atoms with van der Waals surface area (Å²) in [5.41, 5.74) is 4.22. The van der Waals surface area contributed by atoms with Crippen LogP contribution in [0.3, 0.4) is 0 Å². The van der Waals surface area contributed by atoms with Crippen LogP contribution >= 0.6 is 0 Å². The summed E-state index contributed by atoms with van der Waals surface area (Å²) in [6.07, 6.45) is 0. The molecule has 0 spiro atoms. The number of benzene rings is 7. The maximum Gasteiger partial charge on any atom is 0.296 e. The first-order chi connectivity index (χ1) is 29.8. The number of nitrogens with one attached hydrogen (secondary N) is 1. The lowest BCUT2D eigenvalue weighted by atomic mass is 10.0. The van der Waals surface area contributed by atoms with E-state index in [9.17, 15) is 72.3 Å². The van der Waals surface area contributed by atoms with E-state index < -0.39 is 117 Å². The highest BCUT2D eigenvalue weighted by atomic mass is 32.2. The van der Waals surface area contributed by atoms with Gasteiger partial charge in [-0.05, 0) is 93.3 Å². The van der Waals surface area contributed by atoms with Gasteiger partial charge in [0.1, 0.15) is 14.7 Å². The summed E-state index contributed by atoms with van der Waals surface area (Å²) in [5, 5.41) is 68.9. The fourth-order valence-corrected chi connectivity index (χ4v) is 9.04. The van der Waals surface area contributed by atoms with Crippen LogP contribution in [0.4, 0.5) is 39.8 Å². The third-order valence-corrected chi connectivity index (χ3v) is 12.6. The van der Waals surface area contributed by atoms with Crippen LogP contribution in [0.1, 0.15) is 0 Å². The molecule has 7 N–H and O–H groups in total. The smallest absolute Gasteiger partial charge is 0.296 e. The second-order valence-corrected chi connectivity index (χ2v) is 19.0. The molecule has 0 fully saturated rings. The molecule has 0 aromatic heterocycles. The monoisotopic (exact) mass is 948 g/mol. The predicted octanol–water partition coefficient (Wildman–Crippen LogP) is 5.10. The SMILES string of the molecule is Nc1cc(Nc2ccccc2)cc2cc(S(=O)(=O)O)c(N=Nc3ccc(-c4ccc(N=Nc5c(S(=O)(=O)O)cc6cc(S(=O)(=O)O)cc(S(=O)(=O)O)c6c5[O-])c([O-])c4)cc3[O-])c([O-])c12. The minimum Gasteiger partial charge on any atom is -0.871 e. The highest BCUT2D eigenvalue weighted by molar-refractivity contribution is 7.87. The van der Waals surface area contributed by atoms with E-state index in [1.54, 1.807) is 30.3 Å². The topological polar surface area (TPSA) is 397 Å². The average Bonchev–Trinajstić information content (AvgIpc) is 3.19. The minimum atomic E-state index is -5.45. The number of hydrogen-bond acceptors (Lipinski definition) is 18. The number of hydrogen-bond donors (Lipinski definition) is 6. The predicted molar refractivity (Wildman–Crippen MR) is 219 cm³/mol. The molecule has 26 heteroatoms. The maximum atomic E-state index is 13.6. The Kier molecular flexibility index (Phi) is 11.3. The van der Waals surface area contributed by atoms with E-state index in [1.807, 2.05) is 0 Å². The van der Waals surface area contributed by atoms with Crippen LogP contribution in [0, 0.1) is 0 Å². The Bertz CT molecular complexity index is 3650. The fraction of sp³-hybridized carbons (Fsp3) is 0. The molecule has 0 saturated carbocycles. The van der Waals surface area contributed by atoms with E-state index in [4.69, 9.17) is 5.73 Å². The summed E-state index contributed by atoms with van der Waals surface area (Å²) < 4.78 is 136. The van der Waals surface area contributed by atoms with Crippen molar-refractivity contribution >= 4 is 102 Å². The molecule has 0 saturated heterocycles. The van der Waals surface area contributed by atoms with E-state index in [1.165, 1.54) is 24.3 Å². The molecule has 0 radical (unpaired) electrons. The van der Waals surface area contributed by atoms with Gasteiger partial charge in [-0.25, -0.2) is 0 Å². The van der Waals surface area contributed by atoms with Crippen molar-refractivity contribution in [3.63, 3.8) is 0 Å². The lowest BCUT2D eigenvalue weighted by Gasteiger charge is -2.19. The van der Waals surface area contributed by atoms with E-state index in [0.717, 1.165) is 30.3 Å². The van der Waals surface area contributed by atoms with Crippen molar-refractivity contribution in [2.45, 2.75) is 19.6 Å². The van der Waals surface area contributed by atoms with E-state index >= 15 is 0 Å². The molecule has 7 aromatic rings. The molecule has 0 aliphatic carbocycles. The molecule has 0 aliphatic rings. The molecule has 7 aromatic carbocycles. The highest BCUT2D eigenvalue weighted by Gasteiger charge is 2.26. The van der Waals surface area contributed by atoms with Gasteiger partial charge >= 0.3 is 0 Å². The van der Waals surface area contributed by atoms with Gasteiger partial charge < -0.3 is 31.5 Å². The first kappa shape index (κ1) is 44.7. The lowest BCUT2D eigenvalue weighted by molar-refractivity contribution is -0.268. The van der Waals surface area contributed by atoms with Gasteiger partial charge in [0.25, 0.3) is 40.5 Å². The molecule has 22 nitrogen and oxygen atoms in total. The molecule has 0 heterocycles. The number of nitrogens with zero attached hydrogens (tertiary/aromatic N) is 4. The molecule has 0 aliphatic heterocycles. The fourth-order valence-electron chi connectivity index (χ4n) is 6.37. The first-order valence-electron chi connectivity index (χ1n) is 17.4. The number of nitrogen functional groups attached to an aromatic ring is 1. The Labute approximate surface area is 360 Å². The van der Waals surface area contributed by atoms with Crippen molar-refractivity contribution in [2.24, 2.45) is 20.5 Å². The van der Waals surface area contributed by atoms with Gasteiger partial charge in [0.05, 0.1) is 27.6 Å². The third-order valence-electron chi connectivity index (χ3n) is 9.19. The molecular formula is C38H24N6O16S4-4. The Hall–Kier alpha value is -7.30. The standard InChI is InChI=1S/C38H28N6O16S4/c39-25-16-23(40-22-4-2-1-3-5-22)10-20-14-31(63(55,56)57)35(37(47)33(20)25)43-41-26-8-6-18(12-28(26)45)19-7-9-27(29(46)13-19)42-44-36-32(64(58,59)60)15-21-11-24(61(49,50)51)17-30(62(52,53)54)34(21)38(36)48/h1-17,40,45-48H,39H2,(H,49,50,51)(H,52,53,54)(H,55,56,57)(H,58,59,60)/p-4. The van der Waals surface area contributed by atoms with Gasteiger partial charge in [0, 0.05) is 17.1 Å². The van der Waals surface area contributed by atoms with Crippen molar-refractivity contribution in [2.75, 3.05) is 11.1 Å². The summed E-state index contributed by atoms with van der Waals surface area (Å²) in [6, 6.07) is 20.3. The van der Waals surface area contributed by atoms with Crippen molar-refractivity contribution in [1.29, 1.82) is 0 Å². The average molecular weight is 949 g/mol. The zero-order valence-electron chi connectivity index (χ0n) is 31.5. The number of para-hydroxylation sites is 1. The highest BCUT2D eigenvalue weighted by Crippen LogP contribution is 2.46. The van der Waals surface area contributed by atoms with Crippen molar-refractivity contribution in [3.8, 4) is 34.1 Å². The Morgan fingerprint density at radius 3 is 1.39 bits per heavy atom. The van der Waals surface area contributed by atoms with Gasteiger partial charge in [-0.2, -0.15) is 43.9 Å². The van der Waals surface area contributed by atoms with Crippen LogP contribution in [-0.4, -0.2) is 51.9 Å². The van der Waals surface area contributed by atoms with E-state index in [-0.39, 0.29) is 33.7 Å². The van der Waals surface area contributed by atoms with E-state index in [0.29, 0.717) is 23.5 Å². The van der Waals surface area contributed by atoms with Crippen LogP contribution < -0.4 is 31.5 Å². The van der Waals surface area contributed by atoms with Crippen LogP contribution in [0.15, 0.2) is 143 Å². The maximum absolute atomic E-state index is 13.6. The normalized spacial score (nSPS) is 12.8. The largest absolute Gasteiger partial charge is 0.871 e. The number of anilines is 3. The van der Waals surface area contributed by atoms with Gasteiger partial charge in [0.15, 0.2) is 0 Å². The zero-order chi connectivity index (χ0) is 46.7. The van der Waals surface area contributed by atoms with Crippen LogP contribution in [0.2, 0.25) is 0 Å². The zero-order valence-corrected chi connectivity index (χ0v) is 34.8. The quantitative estimate of drug-likeness (QED) is 0.0558. The number of azo groups is 2. The third kappa shape index (κ3) is 8.96. The first-order valence-corrected chi connectivity index (χ1v) is 23.1. The van der Waals surface area contributed by atoms with Crippen molar-refractivity contribution in [3.05, 3.63) is 103 Å². The van der Waals surface area contributed by atoms with Gasteiger partial charge in [0.2, 0.25) is 0 Å². The minimum absolute atomic E-state index is 0.0363. The van der Waals surface area contributed by atoms with Crippen LogP contribution in [0.5, 0.6) is 23.0 Å². The molecule has 0 bridgehead atoms. The van der Waals surface area contributed by atoms with Gasteiger partial charge in [-0.3, -0.25) is 18.2 Å². The molecule has 0 atom stereocenters. The summed E-state index contributed by atoms with van der Waals surface area (Å²) in [4.78, 5) is -4.81. The molecule has 64 heavy (non-hydrogen) atoms. The summed E-state index contributed by atoms with van der Waals surface area (Å²) >= 11 is 0. The lowest BCUT2D eigenvalue weighted by Crippen LogP contribution is -2.08. The summed E-state index contributed by atoms with van der Waals surface area (Å²) in [7, 11) is -21.2. The second kappa shape index (κ2) is 16.1. The molecule has 0 unspecified atom stereocenters. The number of nitrogens with two attached hydrogens (primary N) is 1.